The molecule has 0 spiro atoms. The van der Waals surface area contributed by atoms with Crippen molar-refractivity contribution in [2.45, 2.75) is 6.54 Å². The van der Waals surface area contributed by atoms with Gasteiger partial charge in [0.2, 0.25) is 0 Å². The van der Waals surface area contributed by atoms with Crippen molar-refractivity contribution in [3.8, 4) is 0 Å². The number of carbonyl (C=O) groups excluding carboxylic acids is 1. The third-order valence-electron chi connectivity index (χ3n) is 3.74. The SMILES string of the molecule is O=C(CN(Cc1cccc(Cl)c1)c1ccccn1)c1ccc(Cl)cc1. The fourth-order valence-electron chi connectivity index (χ4n) is 2.51. The molecular weight excluding hydrogens is 355 g/mol. The van der Waals surface area contributed by atoms with Gasteiger partial charge in [-0.05, 0) is 54.1 Å². The van der Waals surface area contributed by atoms with Crippen molar-refractivity contribution >= 4 is 34.8 Å². The van der Waals surface area contributed by atoms with E-state index in [9.17, 15) is 4.79 Å². The molecule has 0 radical (unpaired) electrons. The van der Waals surface area contributed by atoms with Crippen LogP contribution < -0.4 is 4.90 Å². The molecule has 0 saturated carbocycles. The van der Waals surface area contributed by atoms with E-state index in [0.29, 0.717) is 22.2 Å². The highest BCUT2D eigenvalue weighted by Crippen LogP contribution is 2.18. The minimum atomic E-state index is 0.00403. The molecule has 2 aromatic carbocycles. The van der Waals surface area contributed by atoms with Crippen LogP contribution in [0.4, 0.5) is 5.82 Å². The first kappa shape index (κ1) is 17.5. The third-order valence-corrected chi connectivity index (χ3v) is 4.22. The Morgan fingerprint density at radius 2 is 1.72 bits per heavy atom. The summed E-state index contributed by atoms with van der Waals surface area (Å²) in [6, 6.07) is 20.2. The summed E-state index contributed by atoms with van der Waals surface area (Å²) < 4.78 is 0. The molecule has 1 heterocycles. The van der Waals surface area contributed by atoms with Crippen LogP contribution in [0.1, 0.15) is 15.9 Å². The first-order valence-corrected chi connectivity index (χ1v) is 8.56. The summed E-state index contributed by atoms with van der Waals surface area (Å²) in [5.74, 6) is 0.745. The number of anilines is 1. The zero-order valence-electron chi connectivity index (χ0n) is 13.4. The highest BCUT2D eigenvalue weighted by atomic mass is 35.5. The molecular formula is C20H16Cl2N2O. The summed E-state index contributed by atoms with van der Waals surface area (Å²) in [4.78, 5) is 19.0. The molecule has 0 unspecified atom stereocenters. The van der Waals surface area contributed by atoms with Crippen LogP contribution in [0.5, 0.6) is 0 Å². The van der Waals surface area contributed by atoms with Gasteiger partial charge in [0, 0.05) is 28.4 Å². The first-order chi connectivity index (χ1) is 12.1. The van der Waals surface area contributed by atoms with Crippen LogP contribution in [0, 0.1) is 0 Å². The molecule has 0 aliphatic rings. The second-order valence-electron chi connectivity index (χ2n) is 5.60. The second-order valence-corrected chi connectivity index (χ2v) is 6.48. The van der Waals surface area contributed by atoms with Gasteiger partial charge in [0.15, 0.2) is 5.78 Å². The number of nitrogens with zero attached hydrogens (tertiary/aromatic N) is 2. The van der Waals surface area contributed by atoms with Crippen molar-refractivity contribution in [3.63, 3.8) is 0 Å². The molecule has 0 atom stereocenters. The zero-order valence-corrected chi connectivity index (χ0v) is 14.9. The number of ketones is 1. The lowest BCUT2D eigenvalue weighted by atomic mass is 10.1. The van der Waals surface area contributed by atoms with Crippen LogP contribution >= 0.6 is 23.2 Å². The third kappa shape index (κ3) is 4.81. The molecule has 0 amide bonds. The highest BCUT2D eigenvalue weighted by molar-refractivity contribution is 6.31. The smallest absolute Gasteiger partial charge is 0.182 e. The second kappa shape index (κ2) is 8.15. The molecule has 0 bridgehead atoms. The van der Waals surface area contributed by atoms with Crippen molar-refractivity contribution < 1.29 is 4.79 Å². The average Bonchev–Trinajstić information content (AvgIpc) is 2.62. The monoisotopic (exact) mass is 370 g/mol. The number of carbonyl (C=O) groups is 1. The van der Waals surface area contributed by atoms with E-state index in [1.807, 2.05) is 47.4 Å². The molecule has 3 aromatic rings. The zero-order chi connectivity index (χ0) is 17.6. The van der Waals surface area contributed by atoms with Gasteiger partial charge in [0.25, 0.3) is 0 Å². The van der Waals surface area contributed by atoms with E-state index in [2.05, 4.69) is 4.98 Å². The lowest BCUT2D eigenvalue weighted by Gasteiger charge is -2.23. The Morgan fingerprint density at radius 3 is 2.40 bits per heavy atom. The normalized spacial score (nSPS) is 10.5. The van der Waals surface area contributed by atoms with E-state index in [1.165, 1.54) is 0 Å². The Labute approximate surface area is 156 Å². The molecule has 3 nitrogen and oxygen atoms in total. The van der Waals surface area contributed by atoms with E-state index in [1.54, 1.807) is 30.5 Å². The van der Waals surface area contributed by atoms with Gasteiger partial charge in [-0.25, -0.2) is 4.98 Å². The van der Waals surface area contributed by atoms with Crippen LogP contribution in [0.3, 0.4) is 0 Å². The van der Waals surface area contributed by atoms with E-state index in [-0.39, 0.29) is 12.3 Å². The van der Waals surface area contributed by atoms with Crippen molar-refractivity contribution in [2.75, 3.05) is 11.4 Å². The number of aromatic nitrogens is 1. The standard InChI is InChI=1S/C20H16Cl2N2O/c21-17-9-7-16(8-10-17)19(25)14-24(20-6-1-2-11-23-20)13-15-4-3-5-18(22)12-15/h1-12H,13-14H2. The molecule has 3 rings (SSSR count). The lowest BCUT2D eigenvalue weighted by molar-refractivity contribution is 0.0998. The minimum Gasteiger partial charge on any atom is -0.345 e. The number of rotatable bonds is 6. The topological polar surface area (TPSA) is 33.2 Å². The van der Waals surface area contributed by atoms with E-state index >= 15 is 0 Å². The van der Waals surface area contributed by atoms with Gasteiger partial charge in [-0.3, -0.25) is 4.79 Å². The number of benzene rings is 2. The predicted octanol–water partition coefficient (Wildman–Crippen LogP) is 5.28. The number of halogens is 2. The molecule has 0 fully saturated rings. The average molecular weight is 371 g/mol. The first-order valence-electron chi connectivity index (χ1n) is 7.81. The molecule has 126 valence electrons. The fraction of sp³-hybridized carbons (Fsp3) is 0.100. The molecule has 0 aliphatic carbocycles. The van der Waals surface area contributed by atoms with Crippen LogP contribution in [0.15, 0.2) is 72.9 Å². The molecule has 0 N–H and O–H groups in total. The Balaban J connectivity index is 1.83. The maximum atomic E-state index is 12.7. The molecule has 25 heavy (non-hydrogen) atoms. The van der Waals surface area contributed by atoms with Gasteiger partial charge in [-0.2, -0.15) is 0 Å². The molecule has 0 aliphatic heterocycles. The Bertz CT molecular complexity index is 851. The number of pyridine rings is 1. The summed E-state index contributed by atoms with van der Waals surface area (Å²) in [5, 5.41) is 1.28. The van der Waals surface area contributed by atoms with Crippen molar-refractivity contribution in [1.29, 1.82) is 0 Å². The van der Waals surface area contributed by atoms with E-state index < -0.39 is 0 Å². The maximum Gasteiger partial charge on any atom is 0.182 e. The van der Waals surface area contributed by atoms with Gasteiger partial charge in [0.1, 0.15) is 5.82 Å². The van der Waals surface area contributed by atoms with Gasteiger partial charge < -0.3 is 4.90 Å². The summed E-state index contributed by atoms with van der Waals surface area (Å²) in [5.41, 5.74) is 1.64. The minimum absolute atomic E-state index is 0.00403. The number of hydrogen-bond donors (Lipinski definition) is 0. The van der Waals surface area contributed by atoms with E-state index in [0.717, 1.165) is 11.4 Å². The quantitative estimate of drug-likeness (QED) is 0.553. The molecule has 5 heteroatoms. The van der Waals surface area contributed by atoms with Gasteiger partial charge >= 0.3 is 0 Å². The Hall–Kier alpha value is -2.36. The van der Waals surface area contributed by atoms with Crippen molar-refractivity contribution in [1.82, 2.24) is 4.98 Å². The Morgan fingerprint density at radius 1 is 0.920 bits per heavy atom. The summed E-state index contributed by atoms with van der Waals surface area (Å²) in [6.45, 7) is 0.752. The maximum absolute atomic E-state index is 12.7. The Kier molecular flexibility index (Phi) is 5.69. The van der Waals surface area contributed by atoms with Crippen LogP contribution in [0.25, 0.3) is 0 Å². The fourth-order valence-corrected chi connectivity index (χ4v) is 2.85. The van der Waals surface area contributed by atoms with Crippen LogP contribution in [-0.4, -0.2) is 17.3 Å². The van der Waals surface area contributed by atoms with E-state index in [4.69, 9.17) is 23.2 Å². The largest absolute Gasteiger partial charge is 0.345 e. The summed E-state index contributed by atoms with van der Waals surface area (Å²) in [6.07, 6.45) is 1.72. The van der Waals surface area contributed by atoms with Gasteiger partial charge in [-0.1, -0.05) is 41.4 Å². The van der Waals surface area contributed by atoms with Crippen molar-refractivity contribution in [2.24, 2.45) is 0 Å². The molecule has 1 aromatic heterocycles. The summed E-state index contributed by atoms with van der Waals surface area (Å²) in [7, 11) is 0. The molecule has 0 saturated heterocycles. The van der Waals surface area contributed by atoms with Crippen molar-refractivity contribution in [3.05, 3.63) is 94.1 Å². The number of Topliss-reactive ketones (excluding diaryl/α,β-unsaturated/α-hetero) is 1. The predicted molar refractivity (Wildman–Crippen MR) is 103 cm³/mol. The van der Waals surface area contributed by atoms with Crippen LogP contribution in [-0.2, 0) is 6.54 Å². The lowest BCUT2D eigenvalue weighted by Crippen LogP contribution is -2.30. The van der Waals surface area contributed by atoms with Gasteiger partial charge in [-0.15, -0.1) is 0 Å². The summed E-state index contributed by atoms with van der Waals surface area (Å²) >= 11 is 12.0. The van der Waals surface area contributed by atoms with Crippen LogP contribution in [0.2, 0.25) is 10.0 Å². The highest BCUT2D eigenvalue weighted by Gasteiger charge is 2.15. The number of hydrogen-bond acceptors (Lipinski definition) is 3. The van der Waals surface area contributed by atoms with Gasteiger partial charge in [0.05, 0.1) is 6.54 Å².